The lowest BCUT2D eigenvalue weighted by Crippen LogP contribution is -2.23. The lowest BCUT2D eigenvalue weighted by molar-refractivity contribution is -0.384. The Labute approximate surface area is 107 Å². The van der Waals surface area contributed by atoms with Crippen molar-refractivity contribution < 1.29 is 19.6 Å². The van der Waals surface area contributed by atoms with Crippen molar-refractivity contribution in [3.63, 3.8) is 0 Å². The lowest BCUT2D eigenvalue weighted by Gasteiger charge is -2.12. The molecule has 0 radical (unpaired) electrons. The molecular formula is C12H10N2O5. The fraction of sp³-hybridized carbons (Fsp3) is 0.167. The average molecular weight is 262 g/mol. The molecule has 1 atom stereocenters. The smallest absolute Gasteiger partial charge is 0.287 e. The van der Waals surface area contributed by atoms with Gasteiger partial charge in [-0.2, -0.15) is 0 Å². The van der Waals surface area contributed by atoms with E-state index >= 15 is 0 Å². The molecule has 98 valence electrons. The predicted octanol–water partition coefficient (Wildman–Crippen LogP) is 1.17. The highest BCUT2D eigenvalue weighted by Gasteiger charge is 2.35. The van der Waals surface area contributed by atoms with Gasteiger partial charge in [0.25, 0.3) is 11.6 Å². The van der Waals surface area contributed by atoms with Gasteiger partial charge in [0.1, 0.15) is 0 Å². The minimum absolute atomic E-state index is 0.0288. The van der Waals surface area contributed by atoms with Gasteiger partial charge in [0.15, 0.2) is 11.5 Å². The van der Waals surface area contributed by atoms with Crippen molar-refractivity contribution in [2.75, 3.05) is 0 Å². The molecule has 19 heavy (non-hydrogen) atoms. The Hall–Kier alpha value is -2.70. The van der Waals surface area contributed by atoms with E-state index in [-0.39, 0.29) is 11.3 Å². The SMILES string of the molecule is CC(=O)C1=C(O)C(=O)N[C@@H]1c1ccc([N+](=O)[O-])cc1. The predicted molar refractivity (Wildman–Crippen MR) is 64.3 cm³/mol. The van der Waals surface area contributed by atoms with E-state index in [2.05, 4.69) is 5.32 Å². The van der Waals surface area contributed by atoms with Gasteiger partial charge in [-0.3, -0.25) is 19.7 Å². The number of nitrogens with zero attached hydrogens (tertiary/aromatic N) is 1. The topological polar surface area (TPSA) is 110 Å². The van der Waals surface area contributed by atoms with E-state index in [9.17, 15) is 24.8 Å². The van der Waals surface area contributed by atoms with Crippen LogP contribution in [0.15, 0.2) is 35.6 Å². The highest BCUT2D eigenvalue weighted by molar-refractivity contribution is 6.08. The molecule has 1 amide bonds. The van der Waals surface area contributed by atoms with Crippen LogP contribution in [0.1, 0.15) is 18.5 Å². The molecule has 2 rings (SSSR count). The largest absolute Gasteiger partial charge is 0.503 e. The molecular weight excluding hydrogens is 252 g/mol. The molecule has 0 fully saturated rings. The van der Waals surface area contributed by atoms with Crippen molar-refractivity contribution >= 4 is 17.4 Å². The number of rotatable bonds is 3. The molecule has 0 aromatic heterocycles. The molecule has 0 unspecified atom stereocenters. The van der Waals surface area contributed by atoms with Crippen molar-refractivity contribution in [1.82, 2.24) is 5.32 Å². The van der Waals surface area contributed by atoms with Crippen molar-refractivity contribution in [3.8, 4) is 0 Å². The number of hydrogen-bond acceptors (Lipinski definition) is 5. The van der Waals surface area contributed by atoms with Crippen molar-refractivity contribution in [3.05, 3.63) is 51.3 Å². The first kappa shape index (κ1) is 12.7. The Morgan fingerprint density at radius 2 is 1.95 bits per heavy atom. The Balaban J connectivity index is 2.40. The van der Waals surface area contributed by atoms with Crippen molar-refractivity contribution in [2.45, 2.75) is 13.0 Å². The van der Waals surface area contributed by atoms with Gasteiger partial charge < -0.3 is 10.4 Å². The first-order valence-corrected chi connectivity index (χ1v) is 5.41. The van der Waals surface area contributed by atoms with Crippen LogP contribution >= 0.6 is 0 Å². The summed E-state index contributed by atoms with van der Waals surface area (Å²) in [6.07, 6.45) is 0. The molecule has 0 saturated carbocycles. The second-order valence-corrected chi connectivity index (χ2v) is 4.07. The number of amides is 1. The first-order chi connectivity index (χ1) is 8.91. The van der Waals surface area contributed by atoms with E-state index in [4.69, 9.17) is 0 Å². The van der Waals surface area contributed by atoms with Crippen LogP contribution in [0.25, 0.3) is 0 Å². The number of nitrogens with one attached hydrogen (secondary N) is 1. The molecule has 1 aromatic rings. The van der Waals surface area contributed by atoms with Crippen LogP contribution in [0, 0.1) is 10.1 Å². The first-order valence-electron chi connectivity index (χ1n) is 5.41. The molecule has 1 aliphatic heterocycles. The molecule has 7 nitrogen and oxygen atoms in total. The number of non-ortho nitro benzene ring substituents is 1. The van der Waals surface area contributed by atoms with Crippen LogP contribution in [0.4, 0.5) is 5.69 Å². The van der Waals surface area contributed by atoms with E-state index in [1.807, 2.05) is 0 Å². The maximum absolute atomic E-state index is 11.4. The van der Waals surface area contributed by atoms with Crippen LogP contribution in [0.5, 0.6) is 0 Å². The zero-order chi connectivity index (χ0) is 14.2. The maximum atomic E-state index is 11.4. The Morgan fingerprint density at radius 3 is 2.42 bits per heavy atom. The molecule has 0 aliphatic carbocycles. The van der Waals surface area contributed by atoms with E-state index in [1.165, 1.54) is 31.2 Å². The van der Waals surface area contributed by atoms with Crippen LogP contribution in [0.3, 0.4) is 0 Å². The number of aliphatic hydroxyl groups is 1. The number of carbonyl (C=O) groups is 2. The fourth-order valence-corrected chi connectivity index (χ4v) is 1.94. The zero-order valence-electron chi connectivity index (χ0n) is 9.91. The highest BCUT2D eigenvalue weighted by atomic mass is 16.6. The normalized spacial score (nSPS) is 18.4. The molecule has 7 heteroatoms. The van der Waals surface area contributed by atoms with E-state index < -0.39 is 28.4 Å². The van der Waals surface area contributed by atoms with Gasteiger partial charge in [0.2, 0.25) is 0 Å². The van der Waals surface area contributed by atoms with Crippen molar-refractivity contribution in [2.24, 2.45) is 0 Å². The molecule has 0 bridgehead atoms. The van der Waals surface area contributed by atoms with Gasteiger partial charge >= 0.3 is 0 Å². The monoisotopic (exact) mass is 262 g/mol. The third-order valence-electron chi connectivity index (χ3n) is 2.85. The summed E-state index contributed by atoms with van der Waals surface area (Å²) in [6, 6.07) is 4.64. The van der Waals surface area contributed by atoms with Gasteiger partial charge in [-0.25, -0.2) is 0 Å². The van der Waals surface area contributed by atoms with Gasteiger partial charge in [0.05, 0.1) is 16.5 Å². The van der Waals surface area contributed by atoms with Crippen LogP contribution in [0.2, 0.25) is 0 Å². The third kappa shape index (κ3) is 2.17. The second kappa shape index (κ2) is 4.52. The minimum Gasteiger partial charge on any atom is -0.503 e. The average Bonchev–Trinajstić information content (AvgIpc) is 2.66. The molecule has 2 N–H and O–H groups in total. The number of hydrogen-bond donors (Lipinski definition) is 2. The fourth-order valence-electron chi connectivity index (χ4n) is 1.94. The zero-order valence-corrected chi connectivity index (χ0v) is 9.91. The summed E-state index contributed by atoms with van der Waals surface area (Å²) >= 11 is 0. The quantitative estimate of drug-likeness (QED) is 0.627. The summed E-state index contributed by atoms with van der Waals surface area (Å²) < 4.78 is 0. The summed E-state index contributed by atoms with van der Waals surface area (Å²) in [7, 11) is 0. The van der Waals surface area contributed by atoms with Crippen LogP contribution in [-0.4, -0.2) is 21.7 Å². The third-order valence-corrected chi connectivity index (χ3v) is 2.85. The molecule has 1 aromatic carbocycles. The summed E-state index contributed by atoms with van der Waals surface area (Å²) in [5, 5.41) is 22.5. The number of aliphatic hydroxyl groups excluding tert-OH is 1. The summed E-state index contributed by atoms with van der Waals surface area (Å²) in [6.45, 7) is 1.24. The van der Waals surface area contributed by atoms with Crippen molar-refractivity contribution in [1.29, 1.82) is 0 Å². The summed E-state index contributed by atoms with van der Waals surface area (Å²) in [5.74, 6) is -1.76. The molecule has 0 saturated heterocycles. The number of ketones is 1. The summed E-state index contributed by atoms with van der Waals surface area (Å²) in [4.78, 5) is 32.8. The van der Waals surface area contributed by atoms with Crippen LogP contribution in [-0.2, 0) is 9.59 Å². The Bertz CT molecular complexity index is 603. The minimum atomic E-state index is -0.772. The lowest BCUT2D eigenvalue weighted by atomic mass is 9.97. The number of benzene rings is 1. The van der Waals surface area contributed by atoms with Gasteiger partial charge in [-0.1, -0.05) is 0 Å². The number of Topliss-reactive ketones (excluding diaryl/α,β-unsaturated/α-hetero) is 1. The standard InChI is InChI=1S/C12H10N2O5/c1-6(15)9-10(13-12(17)11(9)16)7-2-4-8(5-3-7)14(18)19/h2-5,10,16H,1H3,(H,13,17)/t10-/m1/s1. The van der Waals surface area contributed by atoms with E-state index in [1.54, 1.807) is 0 Å². The molecule has 0 spiro atoms. The van der Waals surface area contributed by atoms with Gasteiger partial charge in [0, 0.05) is 12.1 Å². The van der Waals surface area contributed by atoms with Crippen LogP contribution < -0.4 is 5.32 Å². The van der Waals surface area contributed by atoms with Gasteiger partial charge in [-0.05, 0) is 24.6 Å². The second-order valence-electron chi connectivity index (χ2n) is 4.07. The number of nitro groups is 1. The Morgan fingerprint density at radius 1 is 1.37 bits per heavy atom. The summed E-state index contributed by atoms with van der Waals surface area (Å²) in [5.41, 5.74) is 0.373. The van der Waals surface area contributed by atoms with E-state index in [0.29, 0.717) is 5.56 Å². The Kier molecular flexibility index (Phi) is 3.04. The molecule has 1 aliphatic rings. The highest BCUT2D eigenvalue weighted by Crippen LogP contribution is 2.30. The molecule has 1 heterocycles. The van der Waals surface area contributed by atoms with Gasteiger partial charge in [-0.15, -0.1) is 0 Å². The number of nitro benzene ring substituents is 1. The maximum Gasteiger partial charge on any atom is 0.287 e. The number of carbonyl (C=O) groups excluding carboxylic acids is 2. The van der Waals surface area contributed by atoms with E-state index in [0.717, 1.165) is 0 Å².